The minimum absolute atomic E-state index is 0.00837. The van der Waals surface area contributed by atoms with Crippen LogP contribution >= 0.6 is 0 Å². The molecule has 0 saturated carbocycles. The minimum Gasteiger partial charge on any atom is -0.413 e. The maximum Gasteiger partial charge on any atom is 0.416 e. The Bertz CT molecular complexity index is 1670. The zero-order valence-electron chi connectivity index (χ0n) is 28.5. The summed E-state index contributed by atoms with van der Waals surface area (Å²) in [5, 5.41) is 0.00837. The van der Waals surface area contributed by atoms with E-state index in [9.17, 15) is 48.0 Å². The number of nitrogens with zero attached hydrogens (tertiary/aromatic N) is 2. The summed E-state index contributed by atoms with van der Waals surface area (Å²) in [6.07, 6.45) is -7.36. The van der Waals surface area contributed by atoms with Crippen molar-refractivity contribution in [1.29, 1.82) is 0 Å². The van der Waals surface area contributed by atoms with Crippen molar-refractivity contribution < 1.29 is 52.4 Å². The van der Waals surface area contributed by atoms with Gasteiger partial charge in [-0.2, -0.15) is 35.0 Å². The molecule has 276 valence electrons. The summed E-state index contributed by atoms with van der Waals surface area (Å²) in [4.78, 5) is 11.1. The largest absolute Gasteiger partial charge is 0.416 e. The van der Waals surface area contributed by atoms with Crippen molar-refractivity contribution in [2.75, 3.05) is 13.1 Å². The number of ketones is 1. The fourth-order valence-electron chi connectivity index (χ4n) is 5.45. The van der Waals surface area contributed by atoms with Crippen LogP contribution in [0, 0.1) is 0 Å². The summed E-state index contributed by atoms with van der Waals surface area (Å²) < 4.78 is 136. The summed E-state index contributed by atoms with van der Waals surface area (Å²) in [6, 6.07) is 6.35. The van der Waals surface area contributed by atoms with Gasteiger partial charge in [-0.15, -0.1) is 0 Å². The molecule has 0 N–H and O–H groups in total. The molecule has 3 atom stereocenters. The van der Waals surface area contributed by atoms with Gasteiger partial charge in [0.2, 0.25) is 20.0 Å². The highest BCUT2D eigenvalue weighted by Crippen LogP contribution is 2.40. The van der Waals surface area contributed by atoms with Gasteiger partial charge in [-0.3, -0.25) is 4.79 Å². The Balaban J connectivity index is 0.000000276. The van der Waals surface area contributed by atoms with E-state index < -0.39 is 57.9 Å². The van der Waals surface area contributed by atoms with Crippen LogP contribution in [0.3, 0.4) is 0 Å². The number of hydrogen-bond acceptors (Lipinski definition) is 6. The molecule has 2 aromatic rings. The average molecular weight is 759 g/mol. The van der Waals surface area contributed by atoms with Crippen LogP contribution in [0.2, 0.25) is 18.1 Å². The molecule has 0 unspecified atom stereocenters. The van der Waals surface area contributed by atoms with Gasteiger partial charge in [0.1, 0.15) is 5.78 Å². The van der Waals surface area contributed by atoms with Crippen LogP contribution < -0.4 is 0 Å². The minimum atomic E-state index is -4.52. The molecule has 2 fully saturated rings. The van der Waals surface area contributed by atoms with Crippen molar-refractivity contribution in [3.8, 4) is 0 Å². The number of carbonyl (C=O) groups excluding carboxylic acids is 1. The van der Waals surface area contributed by atoms with E-state index in [4.69, 9.17) is 4.43 Å². The van der Waals surface area contributed by atoms with Gasteiger partial charge in [0.15, 0.2) is 8.32 Å². The van der Waals surface area contributed by atoms with Gasteiger partial charge in [-0.05, 0) is 85.9 Å². The number of Topliss-reactive ketones (excluding diaryl/α,β-unsaturated/α-hetero) is 1. The number of halogens is 6. The normalized spacial score (nSPS) is 21.9. The Morgan fingerprint density at radius 2 is 1.14 bits per heavy atom. The highest BCUT2D eigenvalue weighted by atomic mass is 32.2. The zero-order chi connectivity index (χ0) is 37.4. The third-order valence-electron chi connectivity index (χ3n) is 9.32. The van der Waals surface area contributed by atoms with Crippen molar-refractivity contribution in [2.45, 2.75) is 119 Å². The standard InChI is InChI=1S/C19H30F3NO3SSi.C13H14F3NO3S/c1-7-15-12-16(26-28(5,6)18(2,3)4)13-23(15)27(24,25)17-10-8-14(9-11-17)19(20,21)22;1-2-10-7-11(18)8-17(10)21(19,20)12-5-3-9(4-6-12)13(14,15)16/h8-11,15-16H,7,12-13H2,1-6H3;3-6,10H,2,7-8H2,1H3/t15-,16-;10-/m11/s1. The molecule has 0 amide bonds. The van der Waals surface area contributed by atoms with Crippen molar-refractivity contribution in [3.05, 3.63) is 59.7 Å². The van der Waals surface area contributed by atoms with Gasteiger partial charge < -0.3 is 4.43 Å². The molecule has 2 heterocycles. The van der Waals surface area contributed by atoms with Gasteiger partial charge >= 0.3 is 12.4 Å². The number of rotatable bonds is 8. The summed E-state index contributed by atoms with van der Waals surface area (Å²) in [5.41, 5.74) is -1.77. The molecular weight excluding hydrogens is 715 g/mol. The molecule has 0 radical (unpaired) electrons. The summed E-state index contributed by atoms with van der Waals surface area (Å²) in [7, 11) is -9.89. The summed E-state index contributed by atoms with van der Waals surface area (Å²) >= 11 is 0. The van der Waals surface area contributed by atoms with Crippen molar-refractivity contribution >= 4 is 34.1 Å². The van der Waals surface area contributed by atoms with Crippen LogP contribution in [0.15, 0.2) is 58.3 Å². The lowest BCUT2D eigenvalue weighted by atomic mass is 10.2. The van der Waals surface area contributed by atoms with Crippen LogP contribution in [0.1, 0.15) is 71.4 Å². The van der Waals surface area contributed by atoms with Gasteiger partial charge in [-0.1, -0.05) is 34.6 Å². The molecule has 17 heteroatoms. The highest BCUT2D eigenvalue weighted by molar-refractivity contribution is 7.89. The third-order valence-corrected chi connectivity index (χ3v) is 17.7. The SMILES string of the molecule is CC[C@@H]1CC(=O)CN1S(=O)(=O)c1ccc(C(F)(F)F)cc1.CC[C@@H]1C[C@@H](O[Si](C)(C)C(C)(C)C)CN1S(=O)(=O)c1ccc(C(F)(F)F)cc1. The van der Waals surface area contributed by atoms with E-state index in [1.165, 1.54) is 4.31 Å². The molecule has 0 spiro atoms. The fraction of sp³-hybridized carbons (Fsp3) is 0.594. The van der Waals surface area contributed by atoms with Gasteiger partial charge in [0, 0.05) is 25.0 Å². The van der Waals surface area contributed by atoms with Crippen molar-refractivity contribution in [2.24, 2.45) is 0 Å². The van der Waals surface area contributed by atoms with E-state index in [0.717, 1.165) is 52.8 Å². The van der Waals surface area contributed by atoms with Crippen LogP contribution in [-0.4, -0.2) is 70.8 Å². The second-order valence-electron chi connectivity index (χ2n) is 13.8. The number of sulfonamides is 2. The van der Waals surface area contributed by atoms with Crippen molar-refractivity contribution in [1.82, 2.24) is 8.61 Å². The fourth-order valence-corrected chi connectivity index (χ4v) is 10.2. The van der Waals surface area contributed by atoms with E-state index >= 15 is 0 Å². The topological polar surface area (TPSA) is 101 Å². The molecule has 2 saturated heterocycles. The smallest absolute Gasteiger partial charge is 0.413 e. The monoisotopic (exact) mass is 758 g/mol. The lowest BCUT2D eigenvalue weighted by Crippen LogP contribution is -2.44. The number of alkyl halides is 6. The maximum absolute atomic E-state index is 13.1. The van der Waals surface area contributed by atoms with E-state index in [2.05, 4.69) is 33.9 Å². The molecule has 2 aliphatic heterocycles. The predicted molar refractivity (Wildman–Crippen MR) is 175 cm³/mol. The first-order chi connectivity index (χ1) is 22.3. The quantitative estimate of drug-likeness (QED) is 0.202. The Kier molecular flexibility index (Phi) is 12.4. The molecule has 0 aliphatic carbocycles. The number of benzene rings is 2. The average Bonchev–Trinajstić information content (AvgIpc) is 3.59. The summed E-state index contributed by atoms with van der Waals surface area (Å²) in [5.74, 6) is -0.183. The number of carbonyl (C=O) groups is 1. The van der Waals surface area contributed by atoms with Gasteiger partial charge in [0.25, 0.3) is 0 Å². The molecule has 4 rings (SSSR count). The first-order valence-electron chi connectivity index (χ1n) is 15.8. The Morgan fingerprint density at radius 3 is 1.51 bits per heavy atom. The van der Waals surface area contributed by atoms with Crippen LogP contribution in [-0.2, 0) is 41.6 Å². The predicted octanol–water partition coefficient (Wildman–Crippen LogP) is 7.72. The summed E-state index contributed by atoms with van der Waals surface area (Å²) in [6.45, 7) is 14.3. The molecule has 2 aromatic carbocycles. The molecule has 0 aromatic heterocycles. The Hall–Kier alpha value is -2.31. The Labute approximate surface area is 286 Å². The second kappa shape index (κ2) is 14.7. The van der Waals surface area contributed by atoms with Gasteiger partial charge in [0.05, 0.1) is 33.6 Å². The highest BCUT2D eigenvalue weighted by Gasteiger charge is 2.45. The van der Waals surface area contributed by atoms with E-state index in [-0.39, 0.29) is 52.3 Å². The number of hydrogen-bond donors (Lipinski definition) is 0. The van der Waals surface area contributed by atoms with Crippen molar-refractivity contribution in [3.63, 3.8) is 0 Å². The first kappa shape index (κ1) is 41.1. The Morgan fingerprint density at radius 1 is 0.735 bits per heavy atom. The third kappa shape index (κ3) is 9.52. The van der Waals surface area contributed by atoms with E-state index in [0.29, 0.717) is 19.3 Å². The molecule has 2 aliphatic rings. The lowest BCUT2D eigenvalue weighted by Gasteiger charge is -2.38. The first-order valence-corrected chi connectivity index (χ1v) is 21.6. The zero-order valence-corrected chi connectivity index (χ0v) is 31.2. The maximum atomic E-state index is 13.1. The molecular formula is C32H44F6N2O6S2Si. The van der Waals surface area contributed by atoms with Crippen LogP contribution in [0.5, 0.6) is 0 Å². The molecule has 8 nitrogen and oxygen atoms in total. The van der Waals surface area contributed by atoms with Crippen LogP contribution in [0.25, 0.3) is 0 Å². The second-order valence-corrected chi connectivity index (χ2v) is 22.3. The lowest BCUT2D eigenvalue weighted by molar-refractivity contribution is -0.138. The van der Waals surface area contributed by atoms with E-state index in [1.807, 2.05) is 6.92 Å². The molecule has 0 bridgehead atoms. The van der Waals surface area contributed by atoms with Crippen LogP contribution in [0.4, 0.5) is 26.3 Å². The van der Waals surface area contributed by atoms with E-state index in [1.54, 1.807) is 6.92 Å². The molecule has 49 heavy (non-hydrogen) atoms. The van der Waals surface area contributed by atoms with Gasteiger partial charge in [-0.25, -0.2) is 16.8 Å².